The van der Waals surface area contributed by atoms with Gasteiger partial charge < -0.3 is 15.2 Å². The van der Waals surface area contributed by atoms with Crippen LogP contribution >= 0.6 is 0 Å². The number of amides is 2. The van der Waals surface area contributed by atoms with Gasteiger partial charge in [0.2, 0.25) is 5.91 Å². The molecular weight excluding hydrogens is 280 g/mol. The van der Waals surface area contributed by atoms with Crippen molar-refractivity contribution in [3.63, 3.8) is 0 Å². The number of carbonyl (C=O) groups is 2. The molecule has 2 N–H and O–H groups in total. The Hall–Kier alpha value is -1.82. The number of aromatic amines is 1. The van der Waals surface area contributed by atoms with Crippen molar-refractivity contribution < 1.29 is 9.59 Å². The largest absolute Gasteiger partial charge is 0.357 e. The molecule has 0 saturated carbocycles. The first-order valence-electron chi connectivity index (χ1n) is 7.92. The number of H-pyrrole nitrogens is 1. The molecule has 2 saturated heterocycles. The van der Waals surface area contributed by atoms with Crippen LogP contribution in [0.3, 0.4) is 0 Å². The monoisotopic (exact) mass is 304 g/mol. The van der Waals surface area contributed by atoms with Gasteiger partial charge in [-0.1, -0.05) is 0 Å². The van der Waals surface area contributed by atoms with Crippen molar-refractivity contribution in [3.8, 4) is 0 Å². The van der Waals surface area contributed by atoms with Crippen molar-refractivity contribution >= 4 is 11.8 Å². The minimum Gasteiger partial charge on any atom is -0.357 e. The van der Waals surface area contributed by atoms with E-state index in [4.69, 9.17) is 0 Å². The highest BCUT2D eigenvalue weighted by Gasteiger charge is 2.42. The summed E-state index contributed by atoms with van der Waals surface area (Å²) in [7, 11) is 2.11. The van der Waals surface area contributed by atoms with Crippen molar-refractivity contribution in [2.75, 3.05) is 33.2 Å². The number of carbonyl (C=O) groups excluding carboxylic acids is 2. The SMILES string of the molecule is Cc1c[nH]c(C(=O)N2CCN(C)[C@]3(CCNC(=O)CC3)C2)c1. The van der Waals surface area contributed by atoms with Crippen molar-refractivity contribution in [1.29, 1.82) is 0 Å². The molecule has 1 atom stereocenters. The summed E-state index contributed by atoms with van der Waals surface area (Å²) in [6, 6.07) is 1.89. The van der Waals surface area contributed by atoms with Crippen molar-refractivity contribution in [3.05, 3.63) is 23.5 Å². The topological polar surface area (TPSA) is 68.4 Å². The Kier molecular flexibility index (Phi) is 3.95. The summed E-state index contributed by atoms with van der Waals surface area (Å²) in [6.07, 6.45) is 4.09. The normalized spacial score (nSPS) is 26.8. The first kappa shape index (κ1) is 15.1. The number of hydrogen-bond acceptors (Lipinski definition) is 3. The van der Waals surface area contributed by atoms with Gasteiger partial charge in [0.15, 0.2) is 0 Å². The van der Waals surface area contributed by atoms with Crippen LogP contribution in [0.5, 0.6) is 0 Å². The fraction of sp³-hybridized carbons (Fsp3) is 0.625. The second kappa shape index (κ2) is 5.76. The first-order chi connectivity index (χ1) is 10.5. The maximum absolute atomic E-state index is 12.7. The van der Waals surface area contributed by atoms with E-state index in [-0.39, 0.29) is 17.4 Å². The van der Waals surface area contributed by atoms with Crippen LogP contribution in [0, 0.1) is 6.92 Å². The maximum atomic E-state index is 12.7. The summed E-state index contributed by atoms with van der Waals surface area (Å²) in [4.78, 5) is 31.6. The molecule has 3 heterocycles. The van der Waals surface area contributed by atoms with Crippen LogP contribution in [0.25, 0.3) is 0 Å². The maximum Gasteiger partial charge on any atom is 0.270 e. The van der Waals surface area contributed by atoms with Gasteiger partial charge in [-0.3, -0.25) is 14.5 Å². The van der Waals surface area contributed by atoms with Crippen molar-refractivity contribution in [1.82, 2.24) is 20.1 Å². The molecular formula is C16H24N4O2. The number of aromatic nitrogens is 1. The fourth-order valence-corrected chi connectivity index (χ4v) is 3.57. The molecule has 3 rings (SSSR count). The summed E-state index contributed by atoms with van der Waals surface area (Å²) in [5, 5.41) is 2.94. The lowest BCUT2D eigenvalue weighted by Gasteiger charge is -2.49. The molecule has 0 aliphatic carbocycles. The summed E-state index contributed by atoms with van der Waals surface area (Å²) in [6.45, 7) is 4.93. The smallest absolute Gasteiger partial charge is 0.270 e. The molecule has 1 aromatic rings. The third-order valence-electron chi connectivity index (χ3n) is 5.08. The molecule has 0 bridgehead atoms. The molecule has 0 aromatic carbocycles. The van der Waals surface area contributed by atoms with E-state index in [0.29, 0.717) is 25.2 Å². The lowest BCUT2D eigenvalue weighted by molar-refractivity contribution is -0.121. The molecule has 2 aliphatic rings. The number of piperazine rings is 1. The zero-order chi connectivity index (χ0) is 15.7. The van der Waals surface area contributed by atoms with Gasteiger partial charge in [0.25, 0.3) is 5.91 Å². The van der Waals surface area contributed by atoms with Gasteiger partial charge in [-0.25, -0.2) is 0 Å². The highest BCUT2D eigenvalue weighted by molar-refractivity contribution is 5.92. The lowest BCUT2D eigenvalue weighted by atomic mass is 9.86. The van der Waals surface area contributed by atoms with Gasteiger partial charge >= 0.3 is 0 Å². The number of aryl methyl sites for hydroxylation is 1. The molecule has 0 unspecified atom stereocenters. The van der Waals surface area contributed by atoms with E-state index in [1.54, 1.807) is 0 Å². The molecule has 2 aliphatic heterocycles. The molecule has 120 valence electrons. The van der Waals surface area contributed by atoms with E-state index >= 15 is 0 Å². The van der Waals surface area contributed by atoms with Crippen LogP contribution in [-0.2, 0) is 4.79 Å². The van der Waals surface area contributed by atoms with Gasteiger partial charge in [-0.05, 0) is 38.4 Å². The molecule has 1 spiro atoms. The molecule has 22 heavy (non-hydrogen) atoms. The Balaban J connectivity index is 1.78. The number of rotatable bonds is 1. The van der Waals surface area contributed by atoms with Crippen LogP contribution in [-0.4, -0.2) is 65.4 Å². The number of nitrogens with one attached hydrogen (secondary N) is 2. The second-order valence-corrected chi connectivity index (χ2v) is 6.56. The molecule has 2 amide bonds. The van der Waals surface area contributed by atoms with E-state index in [0.717, 1.165) is 31.5 Å². The summed E-state index contributed by atoms with van der Waals surface area (Å²) >= 11 is 0. The van der Waals surface area contributed by atoms with Crippen LogP contribution in [0.4, 0.5) is 0 Å². The van der Waals surface area contributed by atoms with E-state index < -0.39 is 0 Å². The highest BCUT2D eigenvalue weighted by atomic mass is 16.2. The second-order valence-electron chi connectivity index (χ2n) is 6.56. The van der Waals surface area contributed by atoms with E-state index in [1.165, 1.54) is 0 Å². The molecule has 1 aromatic heterocycles. The standard InChI is InChI=1S/C16H24N4O2/c1-12-9-13(18-10-12)15(22)20-8-7-19(2)16(11-20)4-3-14(21)17-6-5-16/h9-10,18H,3-8,11H2,1-2H3,(H,17,21)/t16-/m1/s1. The quantitative estimate of drug-likeness (QED) is 0.804. The van der Waals surface area contributed by atoms with Crippen LogP contribution in [0.1, 0.15) is 35.3 Å². The van der Waals surface area contributed by atoms with Crippen LogP contribution in [0.2, 0.25) is 0 Å². The molecule has 2 fully saturated rings. The Morgan fingerprint density at radius 2 is 2.14 bits per heavy atom. The van der Waals surface area contributed by atoms with E-state index in [9.17, 15) is 9.59 Å². The molecule has 6 heteroatoms. The third kappa shape index (κ3) is 2.75. The Labute approximate surface area is 130 Å². The fourth-order valence-electron chi connectivity index (χ4n) is 3.57. The highest BCUT2D eigenvalue weighted by Crippen LogP contribution is 2.30. The van der Waals surface area contributed by atoms with Crippen molar-refractivity contribution in [2.45, 2.75) is 31.7 Å². The van der Waals surface area contributed by atoms with Gasteiger partial charge in [-0.15, -0.1) is 0 Å². The van der Waals surface area contributed by atoms with Crippen LogP contribution < -0.4 is 5.32 Å². The zero-order valence-corrected chi connectivity index (χ0v) is 13.3. The summed E-state index contributed by atoms with van der Waals surface area (Å²) < 4.78 is 0. The van der Waals surface area contributed by atoms with Gasteiger partial charge in [0.05, 0.1) is 0 Å². The van der Waals surface area contributed by atoms with Crippen LogP contribution in [0.15, 0.2) is 12.3 Å². The number of nitrogens with zero attached hydrogens (tertiary/aromatic N) is 2. The van der Waals surface area contributed by atoms with Gasteiger partial charge in [0.1, 0.15) is 5.69 Å². The minimum atomic E-state index is -0.0886. The molecule has 0 radical (unpaired) electrons. The molecule has 6 nitrogen and oxygen atoms in total. The predicted octanol–water partition coefficient (Wildman–Crippen LogP) is 0.750. The van der Waals surface area contributed by atoms with Gasteiger partial charge in [-0.2, -0.15) is 0 Å². The Morgan fingerprint density at radius 3 is 2.86 bits per heavy atom. The summed E-state index contributed by atoms with van der Waals surface area (Å²) in [5.41, 5.74) is 1.63. The van der Waals surface area contributed by atoms with Gasteiger partial charge in [0, 0.05) is 44.3 Å². The number of likely N-dealkylation sites (N-methyl/N-ethyl adjacent to an activating group) is 1. The summed E-state index contributed by atoms with van der Waals surface area (Å²) in [5.74, 6) is 0.179. The van der Waals surface area contributed by atoms with E-state index in [1.807, 2.05) is 24.1 Å². The average molecular weight is 304 g/mol. The Bertz CT molecular complexity index is 582. The zero-order valence-electron chi connectivity index (χ0n) is 13.3. The Morgan fingerprint density at radius 1 is 1.32 bits per heavy atom. The first-order valence-corrected chi connectivity index (χ1v) is 7.92. The average Bonchev–Trinajstić information content (AvgIpc) is 2.84. The number of hydrogen-bond donors (Lipinski definition) is 2. The predicted molar refractivity (Wildman–Crippen MR) is 83.7 cm³/mol. The van der Waals surface area contributed by atoms with E-state index in [2.05, 4.69) is 22.2 Å². The lowest BCUT2D eigenvalue weighted by Crippen LogP contribution is -2.62. The minimum absolute atomic E-state index is 0.0594. The van der Waals surface area contributed by atoms with Crippen molar-refractivity contribution in [2.24, 2.45) is 0 Å². The third-order valence-corrected chi connectivity index (χ3v) is 5.08.